The SMILES string of the molecule is Cc1ccc(OCC(=O)N2CCC(NC(=O)c3ccccc3C)CC2)cc1. The second-order valence-electron chi connectivity index (χ2n) is 7.05. The maximum Gasteiger partial charge on any atom is 0.260 e. The monoisotopic (exact) mass is 366 g/mol. The second kappa shape index (κ2) is 8.71. The summed E-state index contributed by atoms with van der Waals surface area (Å²) in [4.78, 5) is 26.6. The number of rotatable bonds is 5. The van der Waals surface area contributed by atoms with Crippen molar-refractivity contribution in [1.29, 1.82) is 0 Å². The molecule has 1 heterocycles. The van der Waals surface area contributed by atoms with E-state index >= 15 is 0 Å². The molecule has 0 spiro atoms. The minimum atomic E-state index is -0.0411. The van der Waals surface area contributed by atoms with Crippen molar-refractivity contribution in [3.8, 4) is 5.75 Å². The Morgan fingerprint density at radius 2 is 1.70 bits per heavy atom. The van der Waals surface area contributed by atoms with E-state index in [2.05, 4.69) is 5.32 Å². The molecule has 2 aromatic rings. The maximum absolute atomic E-state index is 12.4. The first kappa shape index (κ1) is 19.0. The predicted octanol–water partition coefficient (Wildman–Crippen LogP) is 3.10. The zero-order chi connectivity index (χ0) is 19.2. The molecular formula is C22H26N2O3. The Balaban J connectivity index is 1.44. The molecule has 5 nitrogen and oxygen atoms in total. The molecular weight excluding hydrogens is 340 g/mol. The number of amides is 2. The maximum atomic E-state index is 12.4. The Hall–Kier alpha value is -2.82. The standard InChI is InChI=1S/C22H26N2O3/c1-16-7-9-19(10-8-16)27-15-21(25)24-13-11-18(12-14-24)23-22(26)20-6-4-3-5-17(20)2/h3-10,18H,11-15H2,1-2H3,(H,23,26). The highest BCUT2D eigenvalue weighted by molar-refractivity contribution is 5.95. The van der Waals surface area contributed by atoms with Gasteiger partial charge in [-0.2, -0.15) is 0 Å². The summed E-state index contributed by atoms with van der Waals surface area (Å²) in [5.74, 6) is 0.647. The van der Waals surface area contributed by atoms with Gasteiger partial charge in [-0.05, 0) is 50.5 Å². The quantitative estimate of drug-likeness (QED) is 0.885. The van der Waals surface area contributed by atoms with E-state index in [-0.39, 0.29) is 24.5 Å². The molecule has 2 amide bonds. The zero-order valence-corrected chi connectivity index (χ0v) is 15.9. The van der Waals surface area contributed by atoms with Crippen molar-refractivity contribution in [3.05, 3.63) is 65.2 Å². The average molecular weight is 366 g/mol. The number of hydrogen-bond donors (Lipinski definition) is 1. The van der Waals surface area contributed by atoms with Crippen LogP contribution in [-0.4, -0.2) is 42.5 Å². The van der Waals surface area contributed by atoms with E-state index in [1.165, 1.54) is 0 Å². The molecule has 0 unspecified atom stereocenters. The van der Waals surface area contributed by atoms with E-state index in [4.69, 9.17) is 4.74 Å². The first-order chi connectivity index (χ1) is 13.0. The molecule has 0 bridgehead atoms. The predicted molar refractivity (Wildman–Crippen MR) is 105 cm³/mol. The number of ether oxygens (including phenoxy) is 1. The van der Waals surface area contributed by atoms with E-state index in [1.54, 1.807) is 0 Å². The lowest BCUT2D eigenvalue weighted by Gasteiger charge is -2.32. The molecule has 1 N–H and O–H groups in total. The van der Waals surface area contributed by atoms with Crippen LogP contribution in [-0.2, 0) is 4.79 Å². The van der Waals surface area contributed by atoms with Crippen LogP contribution in [0.4, 0.5) is 0 Å². The van der Waals surface area contributed by atoms with Crippen LogP contribution in [0.15, 0.2) is 48.5 Å². The molecule has 0 saturated carbocycles. The molecule has 3 rings (SSSR count). The van der Waals surface area contributed by atoms with E-state index in [0.717, 1.165) is 24.0 Å². The smallest absolute Gasteiger partial charge is 0.260 e. The van der Waals surface area contributed by atoms with Gasteiger partial charge in [-0.25, -0.2) is 0 Å². The fourth-order valence-electron chi connectivity index (χ4n) is 3.23. The Bertz CT molecular complexity index is 793. The number of likely N-dealkylation sites (tertiary alicyclic amines) is 1. The largest absolute Gasteiger partial charge is 0.484 e. The summed E-state index contributed by atoms with van der Waals surface area (Å²) in [7, 11) is 0. The highest BCUT2D eigenvalue weighted by Gasteiger charge is 2.24. The molecule has 5 heteroatoms. The third kappa shape index (κ3) is 5.09. The molecule has 1 fully saturated rings. The molecule has 1 saturated heterocycles. The number of nitrogens with one attached hydrogen (secondary N) is 1. The van der Waals surface area contributed by atoms with Gasteiger partial charge >= 0.3 is 0 Å². The van der Waals surface area contributed by atoms with Crippen LogP contribution >= 0.6 is 0 Å². The van der Waals surface area contributed by atoms with Crippen molar-refractivity contribution in [2.24, 2.45) is 0 Å². The van der Waals surface area contributed by atoms with Gasteiger partial charge in [-0.1, -0.05) is 35.9 Å². The van der Waals surface area contributed by atoms with Crippen molar-refractivity contribution in [3.63, 3.8) is 0 Å². The Morgan fingerprint density at radius 3 is 2.37 bits per heavy atom. The van der Waals surface area contributed by atoms with Crippen molar-refractivity contribution in [2.45, 2.75) is 32.7 Å². The third-order valence-corrected chi connectivity index (χ3v) is 4.96. The molecule has 0 atom stereocenters. The molecule has 0 aromatic heterocycles. The third-order valence-electron chi connectivity index (χ3n) is 4.96. The summed E-state index contributed by atoms with van der Waals surface area (Å²) >= 11 is 0. The topological polar surface area (TPSA) is 58.6 Å². The van der Waals surface area contributed by atoms with Crippen molar-refractivity contribution in [1.82, 2.24) is 10.2 Å². The molecule has 0 radical (unpaired) electrons. The van der Waals surface area contributed by atoms with Crippen LogP contribution in [0.25, 0.3) is 0 Å². The van der Waals surface area contributed by atoms with E-state index in [9.17, 15) is 9.59 Å². The van der Waals surface area contributed by atoms with Crippen LogP contribution in [0, 0.1) is 13.8 Å². The van der Waals surface area contributed by atoms with Gasteiger partial charge in [0, 0.05) is 24.7 Å². The van der Waals surface area contributed by atoms with Crippen LogP contribution < -0.4 is 10.1 Å². The molecule has 142 valence electrons. The van der Waals surface area contributed by atoms with Gasteiger partial charge in [0.1, 0.15) is 5.75 Å². The van der Waals surface area contributed by atoms with E-state index < -0.39 is 0 Å². The summed E-state index contributed by atoms with van der Waals surface area (Å²) in [6, 6.07) is 15.3. The average Bonchev–Trinajstić information content (AvgIpc) is 2.68. The fourth-order valence-corrected chi connectivity index (χ4v) is 3.23. The number of aryl methyl sites for hydroxylation is 2. The summed E-state index contributed by atoms with van der Waals surface area (Å²) < 4.78 is 5.58. The highest BCUT2D eigenvalue weighted by Crippen LogP contribution is 2.15. The first-order valence-corrected chi connectivity index (χ1v) is 9.36. The summed E-state index contributed by atoms with van der Waals surface area (Å²) in [6.07, 6.45) is 1.52. The Labute approximate surface area is 160 Å². The van der Waals surface area contributed by atoms with Gasteiger partial charge in [-0.15, -0.1) is 0 Å². The first-order valence-electron chi connectivity index (χ1n) is 9.36. The van der Waals surface area contributed by atoms with Crippen LogP contribution in [0.3, 0.4) is 0 Å². The molecule has 1 aliphatic rings. The number of nitrogens with zero attached hydrogens (tertiary/aromatic N) is 1. The van der Waals surface area contributed by atoms with Crippen molar-refractivity contribution < 1.29 is 14.3 Å². The van der Waals surface area contributed by atoms with Crippen LogP contribution in [0.5, 0.6) is 5.75 Å². The number of hydrogen-bond acceptors (Lipinski definition) is 3. The Morgan fingerprint density at radius 1 is 1.04 bits per heavy atom. The lowest BCUT2D eigenvalue weighted by atomic mass is 10.0. The van der Waals surface area contributed by atoms with Gasteiger partial charge in [-0.3, -0.25) is 9.59 Å². The van der Waals surface area contributed by atoms with Gasteiger partial charge < -0.3 is 15.0 Å². The highest BCUT2D eigenvalue weighted by atomic mass is 16.5. The number of carbonyl (C=O) groups is 2. The normalized spacial score (nSPS) is 14.7. The lowest BCUT2D eigenvalue weighted by molar-refractivity contribution is -0.134. The van der Waals surface area contributed by atoms with Crippen LogP contribution in [0.1, 0.15) is 34.3 Å². The van der Waals surface area contributed by atoms with Gasteiger partial charge in [0.15, 0.2) is 6.61 Å². The van der Waals surface area contributed by atoms with Gasteiger partial charge in [0.25, 0.3) is 11.8 Å². The molecule has 0 aliphatic carbocycles. The second-order valence-corrected chi connectivity index (χ2v) is 7.05. The van der Waals surface area contributed by atoms with Crippen molar-refractivity contribution in [2.75, 3.05) is 19.7 Å². The Kier molecular flexibility index (Phi) is 6.12. The summed E-state index contributed by atoms with van der Waals surface area (Å²) in [5.41, 5.74) is 2.84. The minimum Gasteiger partial charge on any atom is -0.484 e. The van der Waals surface area contributed by atoms with E-state index in [1.807, 2.05) is 67.3 Å². The number of piperidine rings is 1. The number of benzene rings is 2. The van der Waals surface area contributed by atoms with Crippen molar-refractivity contribution >= 4 is 11.8 Å². The van der Waals surface area contributed by atoms with E-state index in [0.29, 0.717) is 24.4 Å². The molecule has 2 aromatic carbocycles. The summed E-state index contributed by atoms with van der Waals surface area (Å²) in [6.45, 7) is 5.26. The molecule has 27 heavy (non-hydrogen) atoms. The zero-order valence-electron chi connectivity index (χ0n) is 15.9. The lowest BCUT2D eigenvalue weighted by Crippen LogP contribution is -2.47. The number of carbonyl (C=O) groups excluding carboxylic acids is 2. The van der Waals surface area contributed by atoms with Crippen LogP contribution in [0.2, 0.25) is 0 Å². The van der Waals surface area contributed by atoms with Gasteiger partial charge in [0.2, 0.25) is 0 Å². The van der Waals surface area contributed by atoms with Gasteiger partial charge in [0.05, 0.1) is 0 Å². The fraction of sp³-hybridized carbons (Fsp3) is 0.364. The minimum absolute atomic E-state index is 0.0146. The molecule has 1 aliphatic heterocycles. The summed E-state index contributed by atoms with van der Waals surface area (Å²) in [5, 5.41) is 3.09.